The van der Waals surface area contributed by atoms with Crippen molar-refractivity contribution < 1.29 is 4.79 Å². The summed E-state index contributed by atoms with van der Waals surface area (Å²) in [5.41, 5.74) is 2.49. The van der Waals surface area contributed by atoms with Crippen LogP contribution in [0.15, 0.2) is 54.9 Å². The second kappa shape index (κ2) is 4.94. The van der Waals surface area contributed by atoms with Gasteiger partial charge in [0.15, 0.2) is 11.3 Å². The van der Waals surface area contributed by atoms with Gasteiger partial charge in [-0.15, -0.1) is 0 Å². The number of nitrogens with zero attached hydrogens (tertiary/aromatic N) is 3. The van der Waals surface area contributed by atoms with E-state index < -0.39 is 0 Å². The highest BCUT2D eigenvalue weighted by Gasteiger charge is 2.44. The number of amides is 1. The Morgan fingerprint density at radius 2 is 2.05 bits per heavy atom. The van der Waals surface area contributed by atoms with E-state index in [4.69, 9.17) is 0 Å². The average molecular weight is 292 g/mol. The molecule has 0 saturated heterocycles. The molecule has 4 rings (SSSR count). The summed E-state index contributed by atoms with van der Waals surface area (Å²) in [5.74, 6) is -0.146. The lowest BCUT2D eigenvalue weighted by molar-refractivity contribution is 0.0944. The summed E-state index contributed by atoms with van der Waals surface area (Å²) >= 11 is 0. The minimum absolute atomic E-state index is 0.105. The van der Waals surface area contributed by atoms with E-state index in [0.717, 1.165) is 12.8 Å². The van der Waals surface area contributed by atoms with E-state index >= 15 is 0 Å². The van der Waals surface area contributed by atoms with Crippen molar-refractivity contribution in [2.24, 2.45) is 0 Å². The summed E-state index contributed by atoms with van der Waals surface area (Å²) in [6, 6.07) is 13.9. The number of fused-ring (bicyclic) bond motifs is 1. The smallest absolute Gasteiger partial charge is 0.271 e. The van der Waals surface area contributed by atoms with Gasteiger partial charge in [-0.25, -0.2) is 9.50 Å². The number of hydrogen-bond acceptors (Lipinski definition) is 3. The number of hydrogen-bond donors (Lipinski definition) is 1. The number of carbonyl (C=O) groups excluding carboxylic acids is 1. The van der Waals surface area contributed by atoms with Gasteiger partial charge in [0.25, 0.3) is 5.91 Å². The lowest BCUT2D eigenvalue weighted by atomic mass is 9.96. The van der Waals surface area contributed by atoms with Crippen LogP contribution in [-0.4, -0.2) is 27.0 Å². The van der Waals surface area contributed by atoms with Crippen molar-refractivity contribution in [3.8, 4) is 0 Å². The quantitative estimate of drug-likeness (QED) is 0.802. The molecule has 22 heavy (non-hydrogen) atoms. The summed E-state index contributed by atoms with van der Waals surface area (Å²) < 4.78 is 1.61. The summed E-state index contributed by atoms with van der Waals surface area (Å²) in [7, 11) is 0. The molecule has 3 aromatic rings. The maximum absolute atomic E-state index is 12.3. The Labute approximate surface area is 128 Å². The van der Waals surface area contributed by atoms with E-state index in [-0.39, 0.29) is 11.3 Å². The van der Waals surface area contributed by atoms with E-state index in [0.29, 0.717) is 17.9 Å². The number of rotatable bonds is 4. The molecule has 0 radical (unpaired) electrons. The zero-order chi connectivity index (χ0) is 15.0. The topological polar surface area (TPSA) is 59.3 Å². The first-order valence-electron chi connectivity index (χ1n) is 7.41. The summed E-state index contributed by atoms with van der Waals surface area (Å²) in [6.07, 6.45) is 5.70. The third kappa shape index (κ3) is 2.24. The van der Waals surface area contributed by atoms with E-state index in [9.17, 15) is 4.79 Å². The van der Waals surface area contributed by atoms with Gasteiger partial charge in [-0.05, 0) is 24.5 Å². The molecule has 2 aromatic heterocycles. The van der Waals surface area contributed by atoms with Gasteiger partial charge in [-0.3, -0.25) is 4.79 Å². The molecule has 1 aromatic carbocycles. The Morgan fingerprint density at radius 1 is 1.23 bits per heavy atom. The van der Waals surface area contributed by atoms with Gasteiger partial charge >= 0.3 is 0 Å². The Bertz CT molecular complexity index is 788. The van der Waals surface area contributed by atoms with Gasteiger partial charge < -0.3 is 5.32 Å². The molecule has 1 aliphatic carbocycles. The largest absolute Gasteiger partial charge is 0.350 e. The van der Waals surface area contributed by atoms with Crippen LogP contribution in [0.25, 0.3) is 5.65 Å². The molecule has 1 aliphatic rings. The van der Waals surface area contributed by atoms with Gasteiger partial charge in [0.2, 0.25) is 0 Å². The third-order valence-corrected chi connectivity index (χ3v) is 4.30. The van der Waals surface area contributed by atoms with Crippen molar-refractivity contribution in [3.63, 3.8) is 0 Å². The molecule has 1 N–H and O–H groups in total. The van der Waals surface area contributed by atoms with Gasteiger partial charge in [0.05, 0.1) is 0 Å². The Balaban J connectivity index is 1.49. The van der Waals surface area contributed by atoms with E-state index in [1.54, 1.807) is 29.0 Å². The minimum atomic E-state index is -0.146. The minimum Gasteiger partial charge on any atom is -0.350 e. The van der Waals surface area contributed by atoms with Crippen LogP contribution in [0.3, 0.4) is 0 Å². The van der Waals surface area contributed by atoms with Crippen LogP contribution in [-0.2, 0) is 5.41 Å². The van der Waals surface area contributed by atoms with Crippen LogP contribution in [0.2, 0.25) is 0 Å². The second-order valence-corrected chi connectivity index (χ2v) is 5.78. The number of nitrogens with one attached hydrogen (secondary N) is 1. The molecule has 0 atom stereocenters. The van der Waals surface area contributed by atoms with Crippen LogP contribution >= 0.6 is 0 Å². The van der Waals surface area contributed by atoms with E-state index in [2.05, 4.69) is 27.5 Å². The normalized spacial score (nSPS) is 15.6. The summed E-state index contributed by atoms with van der Waals surface area (Å²) in [5, 5.41) is 7.27. The number of benzene rings is 1. The summed E-state index contributed by atoms with van der Waals surface area (Å²) in [6.45, 7) is 0.650. The predicted octanol–water partition coefficient (Wildman–Crippen LogP) is 2.19. The van der Waals surface area contributed by atoms with Crippen molar-refractivity contribution >= 4 is 11.6 Å². The molecule has 0 bridgehead atoms. The van der Waals surface area contributed by atoms with Crippen molar-refractivity contribution in [3.05, 3.63) is 66.1 Å². The van der Waals surface area contributed by atoms with Crippen LogP contribution in [0.5, 0.6) is 0 Å². The molecule has 1 fully saturated rings. The highest BCUT2D eigenvalue weighted by atomic mass is 16.1. The maximum Gasteiger partial charge on any atom is 0.271 e. The second-order valence-electron chi connectivity index (χ2n) is 5.78. The molecule has 5 nitrogen and oxygen atoms in total. The zero-order valence-corrected chi connectivity index (χ0v) is 12.1. The van der Waals surface area contributed by atoms with Gasteiger partial charge in [-0.1, -0.05) is 30.3 Å². The highest BCUT2D eigenvalue weighted by molar-refractivity contribution is 5.93. The lowest BCUT2D eigenvalue weighted by Gasteiger charge is -2.16. The molecule has 0 spiro atoms. The van der Waals surface area contributed by atoms with E-state index in [1.807, 2.05) is 18.2 Å². The molecule has 110 valence electrons. The van der Waals surface area contributed by atoms with Crippen molar-refractivity contribution in [2.45, 2.75) is 18.3 Å². The fraction of sp³-hybridized carbons (Fsp3) is 0.235. The average Bonchev–Trinajstić information content (AvgIpc) is 3.24. The number of carbonyl (C=O) groups is 1. The van der Waals surface area contributed by atoms with Crippen LogP contribution in [0.4, 0.5) is 0 Å². The first-order valence-corrected chi connectivity index (χ1v) is 7.41. The molecule has 1 amide bonds. The van der Waals surface area contributed by atoms with Crippen LogP contribution < -0.4 is 5.32 Å². The van der Waals surface area contributed by atoms with Gasteiger partial charge in [0.1, 0.15) is 0 Å². The molecular formula is C17H16N4O. The van der Waals surface area contributed by atoms with Crippen molar-refractivity contribution in [2.75, 3.05) is 6.54 Å². The van der Waals surface area contributed by atoms with E-state index in [1.165, 1.54) is 5.56 Å². The maximum atomic E-state index is 12.3. The van der Waals surface area contributed by atoms with Crippen molar-refractivity contribution in [1.29, 1.82) is 0 Å². The molecule has 2 heterocycles. The zero-order valence-electron chi connectivity index (χ0n) is 12.1. The fourth-order valence-electron chi connectivity index (χ4n) is 2.79. The van der Waals surface area contributed by atoms with Crippen LogP contribution in [0.1, 0.15) is 28.9 Å². The standard InChI is InChI=1S/C17H16N4O/c22-16(14-11-15-18-9-4-10-21(15)20-14)19-12-17(7-8-17)13-5-2-1-3-6-13/h1-6,9-11H,7-8,12H2,(H,19,22). The Kier molecular flexibility index (Phi) is 2.92. The third-order valence-electron chi connectivity index (χ3n) is 4.30. The molecule has 0 aliphatic heterocycles. The first-order chi connectivity index (χ1) is 10.8. The fourth-order valence-corrected chi connectivity index (χ4v) is 2.79. The highest BCUT2D eigenvalue weighted by Crippen LogP contribution is 2.47. The monoisotopic (exact) mass is 292 g/mol. The SMILES string of the molecule is O=C(NCC1(c2ccccc2)CC1)c1cc2ncccn2n1. The van der Waals surface area contributed by atoms with Crippen molar-refractivity contribution in [1.82, 2.24) is 19.9 Å². The number of aromatic nitrogens is 3. The predicted molar refractivity (Wildman–Crippen MR) is 82.7 cm³/mol. The first kappa shape index (κ1) is 13.0. The lowest BCUT2D eigenvalue weighted by Crippen LogP contribution is -2.32. The van der Waals surface area contributed by atoms with Gasteiger partial charge in [-0.2, -0.15) is 5.10 Å². The Morgan fingerprint density at radius 3 is 2.77 bits per heavy atom. The van der Waals surface area contributed by atoms with Crippen LogP contribution in [0, 0.1) is 0 Å². The summed E-state index contributed by atoms with van der Waals surface area (Å²) in [4.78, 5) is 16.5. The molecule has 0 unspecified atom stereocenters. The molecule has 1 saturated carbocycles. The molecule has 5 heteroatoms. The molecular weight excluding hydrogens is 276 g/mol. The Hall–Kier alpha value is -2.69. The van der Waals surface area contributed by atoms with Gasteiger partial charge in [0, 0.05) is 30.4 Å².